The summed E-state index contributed by atoms with van der Waals surface area (Å²) in [6, 6.07) is 17.6. The van der Waals surface area contributed by atoms with Crippen LogP contribution in [0.15, 0.2) is 78.9 Å². The summed E-state index contributed by atoms with van der Waals surface area (Å²) < 4.78 is 120. The number of ether oxygens (including phenoxy) is 2. The van der Waals surface area contributed by atoms with Crippen LogP contribution in [0.5, 0.6) is 11.5 Å². The fraction of sp³-hybridized carbons (Fsp3) is 0.351. The third kappa shape index (κ3) is 8.64. The average Bonchev–Trinajstić information content (AvgIpc) is 3.02. The van der Waals surface area contributed by atoms with Crippen LogP contribution in [0.2, 0.25) is 0 Å². The molecule has 0 spiro atoms. The lowest BCUT2D eigenvalue weighted by molar-refractivity contribution is -0.275. The van der Waals surface area contributed by atoms with Crippen LogP contribution >= 0.6 is 0 Å². The monoisotopic (exact) mass is 662 g/mol. The topological polar surface area (TPSA) is 18.5 Å². The van der Waals surface area contributed by atoms with Gasteiger partial charge in [-0.2, -0.15) is 8.78 Å². The van der Waals surface area contributed by atoms with E-state index in [1.54, 1.807) is 12.1 Å². The summed E-state index contributed by atoms with van der Waals surface area (Å²) in [7, 11) is 0. The molecule has 0 aliphatic heterocycles. The predicted octanol–water partition coefficient (Wildman–Crippen LogP) is 12.0. The maximum absolute atomic E-state index is 15.3. The Bertz CT molecular complexity index is 1660. The van der Waals surface area contributed by atoms with E-state index in [0.717, 1.165) is 43.5 Å². The summed E-state index contributed by atoms with van der Waals surface area (Å²) in [6.07, 6.45) is -3.07. The summed E-state index contributed by atoms with van der Waals surface area (Å²) in [5.41, 5.74) is 1.97. The Balaban J connectivity index is 1.19. The van der Waals surface area contributed by atoms with Gasteiger partial charge in [-0.05, 0) is 121 Å². The lowest BCUT2D eigenvalue weighted by Gasteiger charge is -2.29. The van der Waals surface area contributed by atoms with E-state index in [9.17, 15) is 30.7 Å². The van der Waals surface area contributed by atoms with Crippen molar-refractivity contribution in [3.63, 3.8) is 0 Å². The highest BCUT2D eigenvalue weighted by molar-refractivity contribution is 5.65. The number of alkyl halides is 5. The van der Waals surface area contributed by atoms with Crippen molar-refractivity contribution in [1.82, 2.24) is 0 Å². The number of hydrogen-bond donors (Lipinski definition) is 0. The molecule has 0 radical (unpaired) electrons. The Morgan fingerprint density at radius 1 is 0.638 bits per heavy atom. The van der Waals surface area contributed by atoms with E-state index >= 15 is 4.39 Å². The van der Waals surface area contributed by atoms with Crippen molar-refractivity contribution in [2.45, 2.75) is 82.6 Å². The SMILES string of the molecule is CCCCCc1ccc(C(F)(F)Oc2ccc(-c3ccc(C4CCC(c5ccc(OC(F)(F)F)c(F)c5)CC4)c(F)c3)cc2)c(F)c1. The number of aryl methyl sites for hydroxylation is 1. The van der Waals surface area contributed by atoms with E-state index in [2.05, 4.69) is 4.74 Å². The standard InChI is InChI=1S/C37H34F8O2/c1-2-3-4-5-23-6-18-31(33(39)20-23)36(41,42)46-29-15-11-25(12-16-29)27-13-17-30(32(38)21-27)26-9-7-24(8-10-26)28-14-19-35(34(40)22-28)47-37(43,44)45/h6,11-22,24,26H,2-5,7-10H2,1H3. The Labute approximate surface area is 268 Å². The lowest BCUT2D eigenvalue weighted by atomic mass is 9.76. The Morgan fingerprint density at radius 2 is 1.32 bits per heavy atom. The van der Waals surface area contributed by atoms with Crippen LogP contribution in [0.3, 0.4) is 0 Å². The molecule has 5 rings (SSSR count). The quantitative estimate of drug-likeness (QED) is 0.118. The van der Waals surface area contributed by atoms with Gasteiger partial charge < -0.3 is 9.47 Å². The molecule has 4 aromatic rings. The maximum Gasteiger partial charge on any atom is 0.573 e. The minimum atomic E-state index is -4.99. The summed E-state index contributed by atoms with van der Waals surface area (Å²) in [4.78, 5) is 0. The molecule has 0 saturated heterocycles. The van der Waals surface area contributed by atoms with Crippen molar-refractivity contribution in [3.8, 4) is 22.6 Å². The second-order valence-electron chi connectivity index (χ2n) is 11.9. The summed E-state index contributed by atoms with van der Waals surface area (Å²) in [5, 5.41) is 0. The molecule has 0 bridgehead atoms. The first-order valence-electron chi connectivity index (χ1n) is 15.6. The van der Waals surface area contributed by atoms with Crippen LogP contribution in [0, 0.1) is 17.5 Å². The average molecular weight is 663 g/mol. The molecule has 1 fully saturated rings. The van der Waals surface area contributed by atoms with E-state index in [1.165, 1.54) is 42.5 Å². The lowest BCUT2D eigenvalue weighted by Crippen LogP contribution is -2.23. The van der Waals surface area contributed by atoms with Crippen LogP contribution < -0.4 is 9.47 Å². The van der Waals surface area contributed by atoms with Gasteiger partial charge in [-0.3, -0.25) is 0 Å². The van der Waals surface area contributed by atoms with Gasteiger partial charge in [0, 0.05) is 0 Å². The third-order valence-corrected chi connectivity index (χ3v) is 8.67. The van der Waals surface area contributed by atoms with Gasteiger partial charge in [-0.15, -0.1) is 13.2 Å². The zero-order chi connectivity index (χ0) is 33.8. The molecule has 4 aromatic carbocycles. The van der Waals surface area contributed by atoms with Crippen molar-refractivity contribution in [1.29, 1.82) is 0 Å². The first-order chi connectivity index (χ1) is 22.3. The van der Waals surface area contributed by atoms with Crippen molar-refractivity contribution < 1.29 is 44.6 Å². The van der Waals surface area contributed by atoms with Gasteiger partial charge in [0.15, 0.2) is 11.6 Å². The van der Waals surface area contributed by atoms with Crippen LogP contribution in [-0.2, 0) is 12.5 Å². The zero-order valence-electron chi connectivity index (χ0n) is 25.7. The molecule has 1 saturated carbocycles. The van der Waals surface area contributed by atoms with Gasteiger partial charge in [0.25, 0.3) is 0 Å². The van der Waals surface area contributed by atoms with Crippen molar-refractivity contribution >= 4 is 0 Å². The Morgan fingerprint density at radius 3 is 1.94 bits per heavy atom. The summed E-state index contributed by atoms with van der Waals surface area (Å²) >= 11 is 0. The zero-order valence-corrected chi connectivity index (χ0v) is 25.7. The number of halogens is 8. The molecule has 0 heterocycles. The predicted molar refractivity (Wildman–Crippen MR) is 163 cm³/mol. The molecule has 10 heteroatoms. The largest absolute Gasteiger partial charge is 0.573 e. The molecule has 0 N–H and O–H groups in total. The van der Waals surface area contributed by atoms with Crippen molar-refractivity contribution in [2.24, 2.45) is 0 Å². The first kappa shape index (κ1) is 34.3. The highest BCUT2D eigenvalue weighted by Gasteiger charge is 2.38. The minimum absolute atomic E-state index is 0.0810. The molecule has 1 aliphatic rings. The fourth-order valence-corrected chi connectivity index (χ4v) is 6.20. The molecule has 0 atom stereocenters. The van der Waals surface area contributed by atoms with Gasteiger partial charge in [0.05, 0.1) is 5.56 Å². The Kier molecular flexibility index (Phi) is 10.5. The minimum Gasteiger partial charge on any atom is -0.429 e. The van der Waals surface area contributed by atoms with Gasteiger partial charge in [0.2, 0.25) is 0 Å². The van der Waals surface area contributed by atoms with Gasteiger partial charge in [-0.1, -0.05) is 56.2 Å². The van der Waals surface area contributed by atoms with E-state index in [0.29, 0.717) is 59.9 Å². The highest BCUT2D eigenvalue weighted by atomic mass is 19.4. The summed E-state index contributed by atoms with van der Waals surface area (Å²) in [5.74, 6) is -3.79. The fourth-order valence-electron chi connectivity index (χ4n) is 6.20. The molecule has 0 unspecified atom stereocenters. The molecule has 1 aliphatic carbocycles. The molecule has 2 nitrogen and oxygen atoms in total. The van der Waals surface area contributed by atoms with Crippen molar-refractivity contribution in [3.05, 3.63) is 119 Å². The number of unbranched alkanes of at least 4 members (excludes halogenated alkanes) is 2. The normalized spacial score (nSPS) is 17.0. The molecule has 0 aromatic heterocycles. The number of benzene rings is 4. The van der Waals surface area contributed by atoms with Crippen LogP contribution in [0.25, 0.3) is 11.1 Å². The second-order valence-corrected chi connectivity index (χ2v) is 11.9. The number of hydrogen-bond acceptors (Lipinski definition) is 2. The maximum atomic E-state index is 15.3. The summed E-state index contributed by atoms with van der Waals surface area (Å²) in [6.45, 7) is 2.04. The molecular formula is C37H34F8O2. The number of rotatable bonds is 11. The third-order valence-electron chi connectivity index (χ3n) is 8.67. The van der Waals surface area contributed by atoms with E-state index < -0.39 is 41.2 Å². The smallest absolute Gasteiger partial charge is 0.429 e. The van der Waals surface area contributed by atoms with Crippen LogP contribution in [0.1, 0.15) is 86.0 Å². The molecule has 47 heavy (non-hydrogen) atoms. The van der Waals surface area contributed by atoms with Gasteiger partial charge in [0.1, 0.15) is 17.4 Å². The molecular weight excluding hydrogens is 628 g/mol. The van der Waals surface area contributed by atoms with E-state index in [1.807, 2.05) is 6.92 Å². The molecule has 250 valence electrons. The van der Waals surface area contributed by atoms with Gasteiger partial charge in [-0.25, -0.2) is 13.2 Å². The van der Waals surface area contributed by atoms with Crippen LogP contribution in [-0.4, -0.2) is 6.36 Å². The Hall–Kier alpha value is -4.08. The second kappa shape index (κ2) is 14.4. The first-order valence-corrected chi connectivity index (χ1v) is 15.6. The van der Waals surface area contributed by atoms with Crippen LogP contribution in [0.4, 0.5) is 35.1 Å². The van der Waals surface area contributed by atoms with Crippen molar-refractivity contribution in [2.75, 3.05) is 0 Å². The van der Waals surface area contributed by atoms with Gasteiger partial charge >= 0.3 is 12.5 Å². The molecule has 0 amide bonds. The highest BCUT2D eigenvalue weighted by Crippen LogP contribution is 2.43. The van der Waals surface area contributed by atoms with E-state index in [4.69, 9.17) is 4.74 Å². The van der Waals surface area contributed by atoms with E-state index in [-0.39, 0.29) is 17.6 Å².